The van der Waals surface area contributed by atoms with E-state index in [1.807, 2.05) is 19.3 Å². The van der Waals surface area contributed by atoms with E-state index in [2.05, 4.69) is 34.3 Å². The van der Waals surface area contributed by atoms with Crippen LogP contribution in [0.1, 0.15) is 36.8 Å². The molecule has 23 heavy (non-hydrogen) atoms. The predicted molar refractivity (Wildman–Crippen MR) is 91.0 cm³/mol. The molecule has 2 aromatic rings. The van der Waals surface area contributed by atoms with Gasteiger partial charge in [-0.2, -0.15) is 5.10 Å². The Morgan fingerprint density at radius 2 is 2.04 bits per heavy atom. The molecule has 4 nitrogen and oxygen atoms in total. The summed E-state index contributed by atoms with van der Waals surface area (Å²) in [5.41, 5.74) is 2.36. The quantitative estimate of drug-likeness (QED) is 0.851. The number of aromatic nitrogens is 2. The zero-order chi connectivity index (χ0) is 16.1. The molecule has 0 bridgehead atoms. The van der Waals surface area contributed by atoms with E-state index in [0.717, 1.165) is 37.8 Å². The molecule has 0 saturated carbocycles. The lowest BCUT2D eigenvalue weighted by Gasteiger charge is -2.36. The fourth-order valence-corrected chi connectivity index (χ4v) is 3.45. The molecular formula is C19H25N3O. The van der Waals surface area contributed by atoms with Crippen molar-refractivity contribution in [2.24, 2.45) is 7.05 Å². The van der Waals surface area contributed by atoms with Crippen LogP contribution < -0.4 is 0 Å². The van der Waals surface area contributed by atoms with Gasteiger partial charge in [0, 0.05) is 25.8 Å². The number of carbonyl (C=O) groups excluding carboxylic acids is 1. The average molecular weight is 311 g/mol. The van der Waals surface area contributed by atoms with Crippen LogP contribution in [0, 0.1) is 0 Å². The Morgan fingerprint density at radius 3 is 2.78 bits per heavy atom. The molecule has 1 atom stereocenters. The minimum Gasteiger partial charge on any atom is -0.339 e. The Kier molecular flexibility index (Phi) is 5.11. The molecule has 1 saturated heterocycles. The summed E-state index contributed by atoms with van der Waals surface area (Å²) < 4.78 is 1.76. The lowest BCUT2D eigenvalue weighted by Crippen LogP contribution is -2.44. The lowest BCUT2D eigenvalue weighted by molar-refractivity contribution is -0.134. The Morgan fingerprint density at radius 1 is 1.22 bits per heavy atom. The second-order valence-electron chi connectivity index (χ2n) is 6.46. The monoisotopic (exact) mass is 311 g/mol. The average Bonchev–Trinajstić information content (AvgIpc) is 2.99. The molecule has 3 rings (SSSR count). The van der Waals surface area contributed by atoms with E-state index in [1.165, 1.54) is 12.0 Å². The van der Waals surface area contributed by atoms with E-state index in [9.17, 15) is 4.79 Å². The van der Waals surface area contributed by atoms with E-state index in [0.29, 0.717) is 12.5 Å². The Labute approximate surface area is 138 Å². The summed E-state index contributed by atoms with van der Waals surface area (Å²) in [5, 5.41) is 4.16. The maximum Gasteiger partial charge on any atom is 0.227 e. The summed E-state index contributed by atoms with van der Waals surface area (Å²) in [6.07, 6.45) is 9.78. The van der Waals surface area contributed by atoms with Gasteiger partial charge in [-0.3, -0.25) is 9.48 Å². The van der Waals surface area contributed by atoms with Crippen LogP contribution in [0.25, 0.3) is 0 Å². The molecule has 1 aliphatic heterocycles. The molecule has 1 aliphatic rings. The van der Waals surface area contributed by atoms with Gasteiger partial charge < -0.3 is 4.90 Å². The topological polar surface area (TPSA) is 38.1 Å². The van der Waals surface area contributed by atoms with E-state index >= 15 is 0 Å². The molecule has 1 aromatic heterocycles. The van der Waals surface area contributed by atoms with Gasteiger partial charge in [-0.05, 0) is 43.2 Å². The summed E-state index contributed by atoms with van der Waals surface area (Å²) in [7, 11) is 1.89. The van der Waals surface area contributed by atoms with Crippen molar-refractivity contribution in [3.8, 4) is 0 Å². The predicted octanol–water partition coefficient (Wildman–Crippen LogP) is 2.98. The van der Waals surface area contributed by atoms with Crippen LogP contribution in [-0.2, 0) is 24.7 Å². The van der Waals surface area contributed by atoms with Crippen LogP contribution in [0.5, 0.6) is 0 Å². The first-order chi connectivity index (χ1) is 11.2. The summed E-state index contributed by atoms with van der Waals surface area (Å²) in [6, 6.07) is 10.9. The van der Waals surface area contributed by atoms with Crippen LogP contribution in [0.3, 0.4) is 0 Å². The molecular weight excluding hydrogens is 286 g/mol. The molecule has 0 aliphatic carbocycles. The van der Waals surface area contributed by atoms with E-state index in [4.69, 9.17) is 0 Å². The highest BCUT2D eigenvalue weighted by Gasteiger charge is 2.26. The summed E-state index contributed by atoms with van der Waals surface area (Å²) >= 11 is 0. The van der Waals surface area contributed by atoms with E-state index in [1.54, 1.807) is 10.9 Å². The number of hydrogen-bond donors (Lipinski definition) is 0. The number of amides is 1. The molecule has 1 amide bonds. The highest BCUT2D eigenvalue weighted by molar-refractivity contribution is 5.79. The van der Waals surface area contributed by atoms with Crippen molar-refractivity contribution in [3.63, 3.8) is 0 Å². The number of aryl methyl sites for hydroxylation is 2. The van der Waals surface area contributed by atoms with Gasteiger partial charge in [0.1, 0.15) is 0 Å². The van der Waals surface area contributed by atoms with Gasteiger partial charge in [0.2, 0.25) is 5.91 Å². The first kappa shape index (κ1) is 15.8. The zero-order valence-electron chi connectivity index (χ0n) is 13.8. The molecule has 1 unspecified atom stereocenters. The molecule has 122 valence electrons. The number of hydrogen-bond acceptors (Lipinski definition) is 2. The first-order valence-corrected chi connectivity index (χ1v) is 8.53. The maximum absolute atomic E-state index is 12.7. The second kappa shape index (κ2) is 7.44. The van der Waals surface area contributed by atoms with Crippen LogP contribution in [0.2, 0.25) is 0 Å². The van der Waals surface area contributed by atoms with Crippen molar-refractivity contribution in [1.82, 2.24) is 14.7 Å². The van der Waals surface area contributed by atoms with E-state index in [-0.39, 0.29) is 5.91 Å². The standard InChI is InChI=1S/C19H25N3O/c1-21-15-17(14-20-21)13-19(23)22-12-6-5-9-18(22)11-10-16-7-3-2-4-8-16/h2-4,7-8,14-15,18H,5-6,9-13H2,1H3. The third kappa shape index (κ3) is 4.21. The van der Waals surface area contributed by atoms with Crippen molar-refractivity contribution in [2.75, 3.05) is 6.54 Å². The van der Waals surface area contributed by atoms with Crippen LogP contribution in [0.4, 0.5) is 0 Å². The van der Waals surface area contributed by atoms with Gasteiger partial charge >= 0.3 is 0 Å². The Hall–Kier alpha value is -2.10. The number of piperidine rings is 1. The fraction of sp³-hybridized carbons (Fsp3) is 0.474. The number of nitrogens with zero attached hydrogens (tertiary/aromatic N) is 3. The zero-order valence-corrected chi connectivity index (χ0v) is 13.8. The molecule has 1 fully saturated rings. The van der Waals surface area contributed by atoms with Crippen molar-refractivity contribution >= 4 is 5.91 Å². The summed E-state index contributed by atoms with van der Waals surface area (Å²) in [5.74, 6) is 0.246. The largest absolute Gasteiger partial charge is 0.339 e. The van der Waals surface area contributed by atoms with Gasteiger partial charge in [-0.15, -0.1) is 0 Å². The van der Waals surface area contributed by atoms with Gasteiger partial charge in [0.25, 0.3) is 0 Å². The SMILES string of the molecule is Cn1cc(CC(=O)N2CCCCC2CCc2ccccc2)cn1. The maximum atomic E-state index is 12.7. The fourth-order valence-electron chi connectivity index (χ4n) is 3.45. The minimum atomic E-state index is 0.246. The molecule has 0 N–H and O–H groups in total. The van der Waals surface area contributed by atoms with Gasteiger partial charge in [0.15, 0.2) is 0 Å². The first-order valence-electron chi connectivity index (χ1n) is 8.53. The van der Waals surface area contributed by atoms with Crippen LogP contribution in [-0.4, -0.2) is 33.2 Å². The van der Waals surface area contributed by atoms with Gasteiger partial charge in [-0.25, -0.2) is 0 Å². The van der Waals surface area contributed by atoms with Gasteiger partial charge in [0.05, 0.1) is 12.6 Å². The lowest BCUT2D eigenvalue weighted by atomic mass is 9.95. The van der Waals surface area contributed by atoms with Crippen molar-refractivity contribution in [2.45, 2.75) is 44.6 Å². The van der Waals surface area contributed by atoms with Crippen molar-refractivity contribution in [3.05, 3.63) is 53.9 Å². The van der Waals surface area contributed by atoms with Crippen LogP contribution in [0.15, 0.2) is 42.7 Å². The molecule has 4 heteroatoms. The third-order valence-electron chi connectivity index (χ3n) is 4.67. The minimum absolute atomic E-state index is 0.246. The number of carbonyl (C=O) groups is 1. The molecule has 1 aromatic carbocycles. The van der Waals surface area contributed by atoms with E-state index < -0.39 is 0 Å². The Balaban J connectivity index is 1.60. The molecule has 0 spiro atoms. The molecule has 0 radical (unpaired) electrons. The van der Waals surface area contributed by atoms with Crippen molar-refractivity contribution in [1.29, 1.82) is 0 Å². The van der Waals surface area contributed by atoms with Crippen molar-refractivity contribution < 1.29 is 4.79 Å². The number of benzene rings is 1. The highest BCUT2D eigenvalue weighted by Crippen LogP contribution is 2.22. The number of rotatable bonds is 5. The normalized spacial score (nSPS) is 18.1. The number of likely N-dealkylation sites (tertiary alicyclic amines) is 1. The van der Waals surface area contributed by atoms with Crippen LogP contribution >= 0.6 is 0 Å². The third-order valence-corrected chi connectivity index (χ3v) is 4.67. The molecule has 2 heterocycles. The smallest absolute Gasteiger partial charge is 0.227 e. The highest BCUT2D eigenvalue weighted by atomic mass is 16.2. The summed E-state index contributed by atoms with van der Waals surface area (Å²) in [6.45, 7) is 0.901. The second-order valence-corrected chi connectivity index (χ2v) is 6.46. The van der Waals surface area contributed by atoms with Gasteiger partial charge in [-0.1, -0.05) is 30.3 Å². The Bertz CT molecular complexity index is 635. The summed E-state index contributed by atoms with van der Waals surface area (Å²) in [4.78, 5) is 14.8.